The summed E-state index contributed by atoms with van der Waals surface area (Å²) in [5.41, 5.74) is 2.30. The fourth-order valence-electron chi connectivity index (χ4n) is 3.36. The Labute approximate surface area is 163 Å². The van der Waals surface area contributed by atoms with Crippen LogP contribution in [-0.2, 0) is 12.0 Å². The van der Waals surface area contributed by atoms with Gasteiger partial charge in [0.15, 0.2) is 0 Å². The van der Waals surface area contributed by atoms with Crippen LogP contribution >= 0.6 is 15.9 Å². The van der Waals surface area contributed by atoms with Gasteiger partial charge in [0.2, 0.25) is 17.5 Å². The van der Waals surface area contributed by atoms with Crippen molar-refractivity contribution < 1.29 is 9.32 Å². The van der Waals surface area contributed by atoms with E-state index in [2.05, 4.69) is 56.1 Å². The predicted octanol–water partition coefficient (Wildman–Crippen LogP) is 4.71. The van der Waals surface area contributed by atoms with E-state index >= 15 is 0 Å². The number of halogens is 1. The molecule has 0 N–H and O–H groups in total. The Morgan fingerprint density at radius 1 is 1.38 bits per heavy atom. The van der Waals surface area contributed by atoms with Crippen molar-refractivity contribution in [1.29, 1.82) is 0 Å². The first-order chi connectivity index (χ1) is 12.3. The molecule has 6 heteroatoms. The monoisotopic (exact) mass is 419 g/mol. The van der Waals surface area contributed by atoms with Crippen molar-refractivity contribution in [3.05, 3.63) is 45.5 Å². The molecule has 1 aromatic carbocycles. The van der Waals surface area contributed by atoms with Gasteiger partial charge in [0.05, 0.1) is 0 Å². The van der Waals surface area contributed by atoms with Crippen LogP contribution < -0.4 is 0 Å². The van der Waals surface area contributed by atoms with Gasteiger partial charge in [-0.3, -0.25) is 9.69 Å². The summed E-state index contributed by atoms with van der Waals surface area (Å²) in [6.07, 6.45) is 1.37. The van der Waals surface area contributed by atoms with Crippen LogP contribution in [0.5, 0.6) is 0 Å². The minimum atomic E-state index is -0.256. The Morgan fingerprint density at radius 3 is 2.81 bits per heavy atom. The van der Waals surface area contributed by atoms with E-state index in [-0.39, 0.29) is 22.9 Å². The highest BCUT2D eigenvalue weighted by Gasteiger charge is 2.28. The Kier molecular flexibility index (Phi) is 5.63. The Balaban J connectivity index is 1.83. The second kappa shape index (κ2) is 7.61. The quantitative estimate of drug-likeness (QED) is 0.671. The molecule has 1 aliphatic rings. The number of benzene rings is 1. The summed E-state index contributed by atoms with van der Waals surface area (Å²) in [5.74, 6) is 0.834. The van der Waals surface area contributed by atoms with Crippen LogP contribution in [-0.4, -0.2) is 33.9 Å². The molecule has 0 aliphatic carbocycles. The third-order valence-electron chi connectivity index (χ3n) is 4.93. The highest BCUT2D eigenvalue weighted by atomic mass is 79.9. The minimum absolute atomic E-state index is 0.0481. The zero-order valence-corrected chi connectivity index (χ0v) is 17.5. The maximum atomic E-state index is 12.8. The van der Waals surface area contributed by atoms with Gasteiger partial charge in [-0.1, -0.05) is 54.8 Å². The number of ketones is 1. The SMILES string of the molecule is CCN1CC[C@@H](CC(=O)c2noc(C(C)(C)C)n2)c2ccc(Br)cc2C1. The molecule has 26 heavy (non-hydrogen) atoms. The molecule has 140 valence electrons. The van der Waals surface area contributed by atoms with E-state index in [0.29, 0.717) is 12.3 Å². The molecule has 1 atom stereocenters. The van der Waals surface area contributed by atoms with Crippen molar-refractivity contribution >= 4 is 21.7 Å². The molecular weight excluding hydrogens is 394 g/mol. The van der Waals surface area contributed by atoms with Crippen LogP contribution in [0.25, 0.3) is 0 Å². The van der Waals surface area contributed by atoms with Crippen LogP contribution in [0.4, 0.5) is 0 Å². The summed E-state index contributed by atoms with van der Waals surface area (Å²) in [5, 5.41) is 3.92. The lowest BCUT2D eigenvalue weighted by atomic mass is 9.88. The van der Waals surface area contributed by atoms with Gasteiger partial charge in [0.1, 0.15) is 0 Å². The number of aromatic nitrogens is 2. The van der Waals surface area contributed by atoms with Gasteiger partial charge in [0.25, 0.3) is 0 Å². The Bertz CT molecular complexity index is 795. The first kappa shape index (κ1) is 19.2. The van der Waals surface area contributed by atoms with Crippen LogP contribution in [0, 0.1) is 0 Å². The fraction of sp³-hybridized carbons (Fsp3) is 0.550. The highest BCUT2D eigenvalue weighted by molar-refractivity contribution is 9.10. The van der Waals surface area contributed by atoms with Gasteiger partial charge < -0.3 is 4.52 Å². The third kappa shape index (κ3) is 4.23. The van der Waals surface area contributed by atoms with Crippen molar-refractivity contribution in [3.8, 4) is 0 Å². The van der Waals surface area contributed by atoms with E-state index in [4.69, 9.17) is 4.52 Å². The minimum Gasteiger partial charge on any atom is -0.338 e. The largest absolute Gasteiger partial charge is 0.338 e. The average Bonchev–Trinajstić information content (AvgIpc) is 3.02. The molecule has 0 amide bonds. The topological polar surface area (TPSA) is 59.2 Å². The molecule has 1 aromatic heterocycles. The van der Waals surface area contributed by atoms with Gasteiger partial charge in [-0.05, 0) is 48.7 Å². The molecule has 0 saturated heterocycles. The van der Waals surface area contributed by atoms with Crippen LogP contribution in [0.15, 0.2) is 27.2 Å². The normalized spacial score (nSPS) is 18.4. The van der Waals surface area contributed by atoms with Crippen molar-refractivity contribution in [3.63, 3.8) is 0 Å². The standard InChI is InChI=1S/C20H26BrN3O2/c1-5-24-9-8-13(16-7-6-15(21)10-14(16)12-24)11-17(25)18-22-19(26-23-18)20(2,3)4/h6-7,10,13H,5,8-9,11-12H2,1-4H3/t13-/m0/s1. The van der Waals surface area contributed by atoms with Gasteiger partial charge >= 0.3 is 0 Å². The lowest BCUT2D eigenvalue weighted by Gasteiger charge is -2.17. The molecule has 0 unspecified atom stereocenters. The molecule has 2 heterocycles. The number of carbonyl (C=O) groups excluding carboxylic acids is 1. The van der Waals surface area contributed by atoms with E-state index in [9.17, 15) is 4.79 Å². The van der Waals surface area contributed by atoms with Gasteiger partial charge in [0, 0.05) is 22.9 Å². The molecule has 5 nitrogen and oxygen atoms in total. The smallest absolute Gasteiger partial charge is 0.238 e. The van der Waals surface area contributed by atoms with Crippen molar-refractivity contribution in [2.24, 2.45) is 0 Å². The highest BCUT2D eigenvalue weighted by Crippen LogP contribution is 2.33. The summed E-state index contributed by atoms with van der Waals surface area (Å²) >= 11 is 3.57. The van der Waals surface area contributed by atoms with Crippen LogP contribution in [0.1, 0.15) is 74.1 Å². The first-order valence-corrected chi connectivity index (χ1v) is 9.95. The van der Waals surface area contributed by atoms with Crippen molar-refractivity contribution in [2.75, 3.05) is 13.1 Å². The molecule has 0 bridgehead atoms. The number of fused-ring (bicyclic) bond motifs is 1. The number of carbonyl (C=O) groups is 1. The van der Waals surface area contributed by atoms with Crippen LogP contribution in [0.2, 0.25) is 0 Å². The number of hydrogen-bond donors (Lipinski definition) is 0. The summed E-state index contributed by atoms with van der Waals surface area (Å²) in [6, 6.07) is 6.38. The molecule has 0 spiro atoms. The molecule has 0 saturated carbocycles. The molecule has 0 fully saturated rings. The second-order valence-corrected chi connectivity index (χ2v) is 8.91. The number of rotatable bonds is 4. The zero-order valence-electron chi connectivity index (χ0n) is 15.9. The molecule has 3 rings (SSSR count). The van der Waals surface area contributed by atoms with Crippen molar-refractivity contribution in [2.45, 2.75) is 58.4 Å². The predicted molar refractivity (Wildman–Crippen MR) is 104 cm³/mol. The maximum Gasteiger partial charge on any atom is 0.238 e. The molecule has 2 aromatic rings. The average molecular weight is 420 g/mol. The van der Waals surface area contributed by atoms with Crippen molar-refractivity contribution in [1.82, 2.24) is 15.0 Å². The van der Waals surface area contributed by atoms with E-state index in [0.717, 1.165) is 30.5 Å². The lowest BCUT2D eigenvalue weighted by Crippen LogP contribution is -2.22. The molecular formula is C20H26BrN3O2. The summed E-state index contributed by atoms with van der Waals surface area (Å²) < 4.78 is 6.36. The Hall–Kier alpha value is -1.53. The Morgan fingerprint density at radius 2 is 2.15 bits per heavy atom. The van der Waals surface area contributed by atoms with E-state index in [1.54, 1.807) is 0 Å². The fourth-order valence-corrected chi connectivity index (χ4v) is 3.77. The van der Waals surface area contributed by atoms with E-state index in [1.807, 2.05) is 20.8 Å². The molecule has 1 aliphatic heterocycles. The number of Topliss-reactive ketones (excluding diaryl/α,β-unsaturated/α-hetero) is 1. The zero-order chi connectivity index (χ0) is 18.9. The van der Waals surface area contributed by atoms with Gasteiger partial charge in [-0.25, -0.2) is 0 Å². The van der Waals surface area contributed by atoms with E-state index in [1.165, 1.54) is 11.1 Å². The first-order valence-electron chi connectivity index (χ1n) is 9.16. The summed E-state index contributed by atoms with van der Waals surface area (Å²) in [4.78, 5) is 19.5. The summed E-state index contributed by atoms with van der Waals surface area (Å²) in [6.45, 7) is 11.1. The summed E-state index contributed by atoms with van der Waals surface area (Å²) in [7, 11) is 0. The number of nitrogens with zero attached hydrogens (tertiary/aromatic N) is 3. The molecule has 0 radical (unpaired) electrons. The van der Waals surface area contributed by atoms with Gasteiger partial charge in [-0.15, -0.1) is 0 Å². The van der Waals surface area contributed by atoms with Gasteiger partial charge in [-0.2, -0.15) is 4.98 Å². The van der Waals surface area contributed by atoms with Crippen LogP contribution in [0.3, 0.4) is 0 Å². The lowest BCUT2D eigenvalue weighted by molar-refractivity contribution is 0.0958. The third-order valence-corrected chi connectivity index (χ3v) is 5.42. The second-order valence-electron chi connectivity index (χ2n) is 8.00. The number of hydrogen-bond acceptors (Lipinski definition) is 5. The maximum absolute atomic E-state index is 12.8. The van der Waals surface area contributed by atoms with E-state index < -0.39 is 0 Å².